The summed E-state index contributed by atoms with van der Waals surface area (Å²) in [7, 11) is 0. The Labute approximate surface area is 130 Å². The average molecular weight is 304 g/mol. The van der Waals surface area contributed by atoms with Gasteiger partial charge in [0.1, 0.15) is 5.69 Å². The highest BCUT2D eigenvalue weighted by Crippen LogP contribution is 2.30. The number of hydrogen-bond donors (Lipinski definition) is 2. The summed E-state index contributed by atoms with van der Waals surface area (Å²) < 4.78 is 5.91. The number of hydrogen-bond acceptors (Lipinski definition) is 7. The maximum absolute atomic E-state index is 5.91. The van der Waals surface area contributed by atoms with Gasteiger partial charge in [0.25, 0.3) is 0 Å². The molecule has 0 amide bonds. The first kappa shape index (κ1) is 14.2. The Morgan fingerprint density at radius 2 is 1.86 bits per heavy atom. The Hall–Kier alpha value is -1.44. The smallest absolute Gasteiger partial charge is 0.153 e. The molecule has 2 unspecified atom stereocenters. The van der Waals surface area contributed by atoms with Crippen molar-refractivity contribution < 1.29 is 4.74 Å². The number of morpholine rings is 1. The van der Waals surface area contributed by atoms with Crippen LogP contribution in [0.15, 0.2) is 6.07 Å². The van der Waals surface area contributed by atoms with Gasteiger partial charge in [0, 0.05) is 51.9 Å². The average Bonchev–Trinajstić information content (AvgIpc) is 2.93. The Morgan fingerprint density at radius 3 is 2.55 bits per heavy atom. The number of rotatable bonds is 3. The molecule has 3 saturated heterocycles. The number of anilines is 2. The third-order valence-electron chi connectivity index (χ3n) is 4.85. The van der Waals surface area contributed by atoms with Crippen molar-refractivity contribution >= 4 is 11.5 Å². The molecule has 120 valence electrons. The fourth-order valence-electron chi connectivity index (χ4n) is 3.68. The van der Waals surface area contributed by atoms with Gasteiger partial charge in [-0.05, 0) is 12.8 Å². The van der Waals surface area contributed by atoms with Crippen molar-refractivity contribution in [3.8, 4) is 0 Å². The summed E-state index contributed by atoms with van der Waals surface area (Å²) in [6, 6.07) is 2.17. The minimum atomic E-state index is 0.359. The summed E-state index contributed by atoms with van der Waals surface area (Å²) in [6.07, 6.45) is 3.05. The van der Waals surface area contributed by atoms with Crippen molar-refractivity contribution in [2.45, 2.75) is 31.6 Å². The molecule has 0 saturated carbocycles. The van der Waals surface area contributed by atoms with Crippen LogP contribution in [0.3, 0.4) is 0 Å². The number of fused-ring (bicyclic) bond motifs is 2. The molecule has 0 radical (unpaired) electrons. The summed E-state index contributed by atoms with van der Waals surface area (Å²) in [4.78, 5) is 4.69. The van der Waals surface area contributed by atoms with E-state index in [1.807, 2.05) is 0 Å². The largest absolute Gasteiger partial charge is 0.371 e. The number of ether oxygens (including phenoxy) is 1. The third kappa shape index (κ3) is 2.64. The molecular weight excluding hydrogens is 280 g/mol. The molecule has 0 aliphatic carbocycles. The summed E-state index contributed by atoms with van der Waals surface area (Å²) in [6.45, 7) is 6.27. The first-order valence-corrected chi connectivity index (χ1v) is 8.26. The molecule has 1 aromatic heterocycles. The van der Waals surface area contributed by atoms with E-state index >= 15 is 0 Å². The van der Waals surface area contributed by atoms with Crippen molar-refractivity contribution in [1.82, 2.24) is 15.5 Å². The predicted octanol–water partition coefficient (Wildman–Crippen LogP) is -0.287. The zero-order chi connectivity index (χ0) is 14.9. The fourth-order valence-corrected chi connectivity index (χ4v) is 3.68. The molecule has 2 bridgehead atoms. The number of nitrogens with one attached hydrogen (secondary N) is 1. The monoisotopic (exact) mass is 304 g/mol. The lowest BCUT2D eigenvalue weighted by Gasteiger charge is -2.34. The van der Waals surface area contributed by atoms with Gasteiger partial charge in [-0.2, -0.15) is 0 Å². The highest BCUT2D eigenvalue weighted by Gasteiger charge is 2.34. The maximum Gasteiger partial charge on any atom is 0.153 e. The Balaban J connectivity index is 1.60. The van der Waals surface area contributed by atoms with Gasteiger partial charge in [-0.15, -0.1) is 10.2 Å². The van der Waals surface area contributed by atoms with Crippen LogP contribution in [0.5, 0.6) is 0 Å². The molecule has 0 spiro atoms. The van der Waals surface area contributed by atoms with Crippen molar-refractivity contribution in [3.63, 3.8) is 0 Å². The second-order valence-electron chi connectivity index (χ2n) is 6.34. The minimum absolute atomic E-state index is 0.359. The molecule has 2 atom stereocenters. The predicted molar refractivity (Wildman–Crippen MR) is 85.1 cm³/mol. The van der Waals surface area contributed by atoms with Crippen molar-refractivity contribution in [1.29, 1.82) is 0 Å². The second kappa shape index (κ2) is 5.98. The van der Waals surface area contributed by atoms with Crippen LogP contribution in [-0.2, 0) is 11.3 Å². The van der Waals surface area contributed by atoms with Gasteiger partial charge in [-0.1, -0.05) is 0 Å². The summed E-state index contributed by atoms with van der Waals surface area (Å²) in [5, 5.41) is 12.2. The highest BCUT2D eigenvalue weighted by atomic mass is 16.5. The van der Waals surface area contributed by atoms with E-state index in [0.717, 1.165) is 56.5 Å². The molecule has 4 rings (SSSR count). The Kier molecular flexibility index (Phi) is 3.85. The van der Waals surface area contributed by atoms with E-state index in [0.29, 0.717) is 18.8 Å². The van der Waals surface area contributed by atoms with Gasteiger partial charge < -0.3 is 25.6 Å². The van der Waals surface area contributed by atoms with Gasteiger partial charge in [0.2, 0.25) is 0 Å². The quantitative estimate of drug-likeness (QED) is 0.794. The Morgan fingerprint density at radius 1 is 1.14 bits per heavy atom. The second-order valence-corrected chi connectivity index (χ2v) is 6.34. The summed E-state index contributed by atoms with van der Waals surface area (Å²) in [5.74, 6) is 0.964. The van der Waals surface area contributed by atoms with Crippen LogP contribution in [-0.4, -0.2) is 61.7 Å². The van der Waals surface area contributed by atoms with E-state index in [-0.39, 0.29) is 0 Å². The molecule has 7 heteroatoms. The molecule has 3 fully saturated rings. The number of nitrogens with two attached hydrogens (primary N) is 1. The zero-order valence-electron chi connectivity index (χ0n) is 12.9. The molecule has 7 nitrogen and oxygen atoms in total. The number of piperazine rings is 1. The van der Waals surface area contributed by atoms with Gasteiger partial charge in [-0.3, -0.25) is 0 Å². The van der Waals surface area contributed by atoms with E-state index in [9.17, 15) is 0 Å². The standard InChI is InChI=1S/C15H24N6O/c16-8-13-14(20-5-3-17-4-6-20)7-15(19-18-13)21-9-11-1-2-12(10-21)22-11/h7,11-12,17H,1-6,8-10,16H2. The van der Waals surface area contributed by atoms with E-state index < -0.39 is 0 Å². The van der Waals surface area contributed by atoms with Crippen LogP contribution in [0.1, 0.15) is 18.5 Å². The van der Waals surface area contributed by atoms with Gasteiger partial charge in [0.05, 0.1) is 17.9 Å². The number of nitrogens with zero attached hydrogens (tertiary/aromatic N) is 4. The molecule has 0 aromatic carbocycles. The van der Waals surface area contributed by atoms with Crippen LogP contribution < -0.4 is 20.9 Å². The molecular formula is C15H24N6O. The molecule has 3 aliphatic rings. The molecule has 22 heavy (non-hydrogen) atoms. The van der Waals surface area contributed by atoms with Crippen LogP contribution in [0.4, 0.5) is 11.5 Å². The molecule has 3 N–H and O–H groups in total. The molecule has 4 heterocycles. The van der Waals surface area contributed by atoms with Crippen molar-refractivity contribution in [2.24, 2.45) is 5.73 Å². The zero-order valence-corrected chi connectivity index (χ0v) is 12.9. The lowest BCUT2D eigenvalue weighted by atomic mass is 10.2. The van der Waals surface area contributed by atoms with Crippen LogP contribution in [0.25, 0.3) is 0 Å². The van der Waals surface area contributed by atoms with Crippen LogP contribution in [0, 0.1) is 0 Å². The third-order valence-corrected chi connectivity index (χ3v) is 4.85. The minimum Gasteiger partial charge on any atom is -0.371 e. The van der Waals surface area contributed by atoms with Crippen LogP contribution >= 0.6 is 0 Å². The van der Waals surface area contributed by atoms with E-state index in [1.165, 1.54) is 12.8 Å². The first-order chi connectivity index (χ1) is 10.8. The van der Waals surface area contributed by atoms with E-state index in [2.05, 4.69) is 31.4 Å². The van der Waals surface area contributed by atoms with Crippen molar-refractivity contribution in [3.05, 3.63) is 11.8 Å². The lowest BCUT2D eigenvalue weighted by Crippen LogP contribution is -2.45. The lowest BCUT2D eigenvalue weighted by molar-refractivity contribution is 0.0302. The SMILES string of the molecule is NCc1nnc(N2CC3CCC(C2)O3)cc1N1CCNCC1. The van der Waals surface area contributed by atoms with Crippen molar-refractivity contribution in [2.75, 3.05) is 49.1 Å². The highest BCUT2D eigenvalue weighted by molar-refractivity contribution is 5.58. The fraction of sp³-hybridized carbons (Fsp3) is 0.733. The topological polar surface area (TPSA) is 79.5 Å². The summed E-state index contributed by atoms with van der Waals surface area (Å²) in [5.41, 5.74) is 7.90. The first-order valence-electron chi connectivity index (χ1n) is 8.26. The van der Waals surface area contributed by atoms with Gasteiger partial charge >= 0.3 is 0 Å². The number of aromatic nitrogens is 2. The van der Waals surface area contributed by atoms with Crippen LogP contribution in [0.2, 0.25) is 0 Å². The molecule has 1 aromatic rings. The van der Waals surface area contributed by atoms with Gasteiger partial charge in [0.15, 0.2) is 5.82 Å². The summed E-state index contributed by atoms with van der Waals surface area (Å²) >= 11 is 0. The maximum atomic E-state index is 5.91. The Bertz CT molecular complexity index is 521. The van der Waals surface area contributed by atoms with E-state index in [4.69, 9.17) is 10.5 Å². The van der Waals surface area contributed by atoms with E-state index in [1.54, 1.807) is 0 Å². The normalized spacial score (nSPS) is 28.2. The van der Waals surface area contributed by atoms with Gasteiger partial charge in [-0.25, -0.2) is 0 Å². The molecule has 3 aliphatic heterocycles.